The van der Waals surface area contributed by atoms with Crippen molar-refractivity contribution in [3.8, 4) is 0 Å². The normalized spacial score (nSPS) is 22.1. The molecule has 1 aromatic carbocycles. The van der Waals surface area contributed by atoms with Gasteiger partial charge < -0.3 is 10.8 Å². The molecule has 1 aromatic rings. The summed E-state index contributed by atoms with van der Waals surface area (Å²) >= 11 is 0. The van der Waals surface area contributed by atoms with Crippen LogP contribution in [-0.2, 0) is 11.2 Å². The van der Waals surface area contributed by atoms with Gasteiger partial charge in [0.2, 0.25) is 0 Å². The Morgan fingerprint density at radius 1 is 1.17 bits per heavy atom. The van der Waals surface area contributed by atoms with Gasteiger partial charge in [0.1, 0.15) is 0 Å². The lowest BCUT2D eigenvalue weighted by atomic mass is 9.78. The molecule has 1 unspecified atom stereocenters. The summed E-state index contributed by atoms with van der Waals surface area (Å²) in [5.74, 6) is -0.0361. The summed E-state index contributed by atoms with van der Waals surface area (Å²) in [6.07, 6.45) is 6.42. The van der Waals surface area contributed by atoms with E-state index in [9.17, 15) is 9.59 Å². The maximum atomic E-state index is 12.6. The van der Waals surface area contributed by atoms with Crippen molar-refractivity contribution >= 4 is 11.8 Å². The molecule has 24 heavy (non-hydrogen) atoms. The molecule has 1 fully saturated rings. The fraction of sp³-hybridized carbons (Fsp3) is 0.600. The van der Waals surface area contributed by atoms with E-state index < -0.39 is 5.97 Å². The minimum Gasteiger partial charge on any atom is -0.481 e. The van der Waals surface area contributed by atoms with Crippen molar-refractivity contribution in [1.29, 1.82) is 0 Å². The Morgan fingerprint density at radius 2 is 1.79 bits per heavy atom. The van der Waals surface area contributed by atoms with E-state index in [1.165, 1.54) is 0 Å². The Labute approximate surface area is 144 Å². The molecule has 4 nitrogen and oxygen atoms in total. The molecule has 0 spiro atoms. The summed E-state index contributed by atoms with van der Waals surface area (Å²) < 4.78 is 0. The van der Waals surface area contributed by atoms with Crippen molar-refractivity contribution in [2.24, 2.45) is 23.5 Å². The van der Waals surface area contributed by atoms with Gasteiger partial charge in [-0.05, 0) is 63.0 Å². The summed E-state index contributed by atoms with van der Waals surface area (Å²) in [6, 6.07) is 7.86. The molecule has 132 valence electrons. The van der Waals surface area contributed by atoms with E-state index in [-0.39, 0.29) is 17.6 Å². The van der Waals surface area contributed by atoms with Crippen molar-refractivity contribution in [3.63, 3.8) is 0 Å². The first-order valence-corrected chi connectivity index (χ1v) is 9.07. The zero-order chi connectivity index (χ0) is 17.5. The quantitative estimate of drug-likeness (QED) is 0.712. The third-order valence-electron chi connectivity index (χ3n) is 5.31. The minimum atomic E-state index is -0.736. The van der Waals surface area contributed by atoms with E-state index in [1.807, 2.05) is 24.3 Å². The number of rotatable bonds is 8. The maximum Gasteiger partial charge on any atom is 0.306 e. The molecule has 0 radical (unpaired) electrons. The van der Waals surface area contributed by atoms with Crippen LogP contribution in [-0.4, -0.2) is 23.4 Å². The number of carboxylic acids is 1. The molecular formula is C20H29NO3. The molecule has 1 saturated carbocycles. The number of aliphatic carboxylic acids is 1. The van der Waals surface area contributed by atoms with Crippen LogP contribution in [0.4, 0.5) is 0 Å². The minimum absolute atomic E-state index is 0.148. The van der Waals surface area contributed by atoms with Crippen LogP contribution in [0.1, 0.15) is 61.4 Å². The fourth-order valence-electron chi connectivity index (χ4n) is 3.47. The summed E-state index contributed by atoms with van der Waals surface area (Å²) in [5.41, 5.74) is 7.67. The van der Waals surface area contributed by atoms with Gasteiger partial charge in [-0.3, -0.25) is 9.59 Å². The van der Waals surface area contributed by atoms with Gasteiger partial charge in [-0.25, -0.2) is 0 Å². The van der Waals surface area contributed by atoms with Crippen LogP contribution in [0.15, 0.2) is 24.3 Å². The molecule has 4 heteroatoms. The molecule has 0 saturated heterocycles. The van der Waals surface area contributed by atoms with Crippen molar-refractivity contribution in [3.05, 3.63) is 35.4 Å². The molecule has 1 atom stereocenters. The number of carbonyl (C=O) groups is 2. The Balaban J connectivity index is 1.83. The van der Waals surface area contributed by atoms with E-state index in [0.29, 0.717) is 12.3 Å². The third-order valence-corrected chi connectivity index (χ3v) is 5.31. The predicted molar refractivity (Wildman–Crippen MR) is 95.0 cm³/mol. The zero-order valence-electron chi connectivity index (χ0n) is 14.5. The van der Waals surface area contributed by atoms with Crippen LogP contribution in [0, 0.1) is 17.8 Å². The third kappa shape index (κ3) is 5.17. The SMILES string of the molecule is CC(CCCc1ccc(C(=O)C2CCC(CN)CC2)cc1)C(=O)O. The number of carbonyl (C=O) groups excluding carboxylic acids is 1. The Kier molecular flexibility index (Phi) is 6.98. The van der Waals surface area contributed by atoms with Gasteiger partial charge in [-0.1, -0.05) is 31.2 Å². The number of hydrogen-bond donors (Lipinski definition) is 2. The van der Waals surface area contributed by atoms with E-state index in [0.717, 1.165) is 56.2 Å². The maximum absolute atomic E-state index is 12.6. The van der Waals surface area contributed by atoms with Gasteiger partial charge in [-0.15, -0.1) is 0 Å². The van der Waals surface area contributed by atoms with E-state index in [1.54, 1.807) is 6.92 Å². The number of Topliss-reactive ketones (excluding diaryl/α,β-unsaturated/α-hetero) is 1. The van der Waals surface area contributed by atoms with Crippen molar-refractivity contribution in [2.75, 3.05) is 6.54 Å². The van der Waals surface area contributed by atoms with E-state index >= 15 is 0 Å². The van der Waals surface area contributed by atoms with Gasteiger partial charge in [0.25, 0.3) is 0 Å². The van der Waals surface area contributed by atoms with E-state index in [4.69, 9.17) is 10.8 Å². The smallest absolute Gasteiger partial charge is 0.306 e. The average Bonchev–Trinajstić information content (AvgIpc) is 2.61. The monoisotopic (exact) mass is 331 g/mol. The number of nitrogens with two attached hydrogens (primary N) is 1. The molecule has 1 aliphatic carbocycles. The van der Waals surface area contributed by atoms with Crippen molar-refractivity contribution in [1.82, 2.24) is 0 Å². The highest BCUT2D eigenvalue weighted by molar-refractivity contribution is 5.97. The molecule has 0 bridgehead atoms. The van der Waals surface area contributed by atoms with Crippen molar-refractivity contribution < 1.29 is 14.7 Å². The highest BCUT2D eigenvalue weighted by Gasteiger charge is 2.26. The van der Waals surface area contributed by atoms with Crippen LogP contribution in [0.5, 0.6) is 0 Å². The Morgan fingerprint density at radius 3 is 2.33 bits per heavy atom. The van der Waals surface area contributed by atoms with Gasteiger partial charge >= 0.3 is 5.97 Å². The number of ketones is 1. The summed E-state index contributed by atoms with van der Waals surface area (Å²) in [7, 11) is 0. The highest BCUT2D eigenvalue weighted by Crippen LogP contribution is 2.30. The second-order valence-corrected chi connectivity index (χ2v) is 7.15. The lowest BCUT2D eigenvalue weighted by Crippen LogP contribution is -2.25. The van der Waals surface area contributed by atoms with Crippen LogP contribution >= 0.6 is 0 Å². The second kappa shape index (κ2) is 8.97. The largest absolute Gasteiger partial charge is 0.481 e. The van der Waals surface area contributed by atoms with Crippen LogP contribution in [0.3, 0.4) is 0 Å². The molecule has 0 aromatic heterocycles. The predicted octanol–water partition coefficient (Wildman–Crippen LogP) is 3.68. The number of carboxylic acid groups (broad SMARTS) is 1. The van der Waals surface area contributed by atoms with E-state index in [2.05, 4.69) is 0 Å². The van der Waals surface area contributed by atoms with Crippen LogP contribution in [0.25, 0.3) is 0 Å². The molecule has 0 heterocycles. The summed E-state index contributed by atoms with van der Waals surface area (Å²) in [4.78, 5) is 23.4. The molecule has 0 amide bonds. The first kappa shape index (κ1) is 18.7. The molecule has 0 aliphatic heterocycles. The van der Waals surface area contributed by atoms with Gasteiger partial charge in [-0.2, -0.15) is 0 Å². The molecule has 1 aliphatic rings. The lowest BCUT2D eigenvalue weighted by Gasteiger charge is -2.26. The highest BCUT2D eigenvalue weighted by atomic mass is 16.4. The summed E-state index contributed by atoms with van der Waals surface area (Å²) in [6.45, 7) is 2.47. The van der Waals surface area contributed by atoms with Gasteiger partial charge in [0, 0.05) is 11.5 Å². The topological polar surface area (TPSA) is 80.4 Å². The fourth-order valence-corrected chi connectivity index (χ4v) is 3.47. The van der Waals surface area contributed by atoms with Gasteiger partial charge in [0.15, 0.2) is 5.78 Å². The standard InChI is InChI=1S/C20H29NO3/c1-14(20(23)24)3-2-4-15-5-9-17(10-6-15)19(22)18-11-7-16(13-21)8-12-18/h5-6,9-10,14,16,18H,2-4,7-8,11-13,21H2,1H3,(H,23,24). The lowest BCUT2D eigenvalue weighted by molar-refractivity contribution is -0.141. The van der Waals surface area contributed by atoms with Gasteiger partial charge in [0.05, 0.1) is 5.92 Å². The Hall–Kier alpha value is -1.68. The molecule has 3 N–H and O–H groups in total. The summed E-state index contributed by atoms with van der Waals surface area (Å²) in [5, 5.41) is 8.89. The average molecular weight is 331 g/mol. The number of benzene rings is 1. The zero-order valence-corrected chi connectivity index (χ0v) is 14.5. The second-order valence-electron chi connectivity index (χ2n) is 7.15. The molecular weight excluding hydrogens is 302 g/mol. The number of hydrogen-bond acceptors (Lipinski definition) is 3. The van der Waals surface area contributed by atoms with Crippen LogP contribution in [0.2, 0.25) is 0 Å². The Bertz CT molecular complexity index is 545. The first-order valence-electron chi connectivity index (χ1n) is 9.07. The van der Waals surface area contributed by atoms with Crippen LogP contribution < -0.4 is 5.73 Å². The first-order chi connectivity index (χ1) is 11.5. The number of aryl methyl sites for hydroxylation is 1. The molecule has 2 rings (SSSR count). The van der Waals surface area contributed by atoms with Crippen molar-refractivity contribution in [2.45, 2.75) is 51.9 Å².